The van der Waals surface area contributed by atoms with Gasteiger partial charge in [0.1, 0.15) is 11.6 Å². The highest BCUT2D eigenvalue weighted by atomic mass is 35.5. The number of hydrogen-bond acceptors (Lipinski definition) is 2. The number of anilines is 1. The molecule has 0 saturated carbocycles. The Hall–Kier alpha value is -1.95. The molecule has 2 rings (SSSR count). The van der Waals surface area contributed by atoms with E-state index < -0.39 is 17.9 Å². The van der Waals surface area contributed by atoms with Gasteiger partial charge in [-0.1, -0.05) is 17.7 Å². The monoisotopic (exact) mass is 305 g/mol. The van der Waals surface area contributed by atoms with E-state index in [1.165, 1.54) is 18.2 Å². The normalized spacial score (nSPS) is 11.4. The summed E-state index contributed by atoms with van der Waals surface area (Å²) in [6, 6.07) is 7.23. The third kappa shape index (κ3) is 3.33. The maximum absolute atomic E-state index is 13.1. The summed E-state index contributed by atoms with van der Waals surface area (Å²) >= 11 is 5.64. The van der Waals surface area contributed by atoms with Gasteiger partial charge in [0.15, 0.2) is 0 Å². The van der Waals surface area contributed by atoms with Crippen LogP contribution in [0.25, 0.3) is 11.1 Å². The number of nitrogen functional groups attached to an aromatic ring is 1. The van der Waals surface area contributed by atoms with Crippen LogP contribution in [-0.4, -0.2) is 6.36 Å². The number of halogens is 5. The molecule has 20 heavy (non-hydrogen) atoms. The predicted molar refractivity (Wildman–Crippen MR) is 67.9 cm³/mol. The van der Waals surface area contributed by atoms with Crippen molar-refractivity contribution in [3.63, 3.8) is 0 Å². The van der Waals surface area contributed by atoms with Gasteiger partial charge in [-0.15, -0.1) is 13.2 Å². The molecule has 0 amide bonds. The summed E-state index contributed by atoms with van der Waals surface area (Å²) in [5.41, 5.74) is 6.59. The quantitative estimate of drug-likeness (QED) is 0.648. The lowest BCUT2D eigenvalue weighted by Crippen LogP contribution is -2.17. The van der Waals surface area contributed by atoms with Crippen molar-refractivity contribution in [1.29, 1.82) is 0 Å². The van der Waals surface area contributed by atoms with Gasteiger partial charge in [-0.25, -0.2) is 4.39 Å². The molecule has 0 saturated heterocycles. The molecule has 0 heterocycles. The highest BCUT2D eigenvalue weighted by molar-refractivity contribution is 6.31. The van der Waals surface area contributed by atoms with Crippen LogP contribution in [0.4, 0.5) is 23.2 Å². The third-order valence-electron chi connectivity index (χ3n) is 2.49. The van der Waals surface area contributed by atoms with E-state index in [1.807, 2.05) is 0 Å². The average molecular weight is 306 g/mol. The Morgan fingerprint density at radius 1 is 1.05 bits per heavy atom. The van der Waals surface area contributed by atoms with Gasteiger partial charge in [0, 0.05) is 11.3 Å². The van der Waals surface area contributed by atoms with Crippen molar-refractivity contribution in [2.24, 2.45) is 0 Å². The molecule has 0 aliphatic rings. The maximum atomic E-state index is 13.1. The molecule has 2 aromatic rings. The molecule has 2 aromatic carbocycles. The summed E-state index contributed by atoms with van der Waals surface area (Å²) in [5, 5.41) is -0.149. The first-order chi connectivity index (χ1) is 9.26. The largest absolute Gasteiger partial charge is 0.573 e. The number of hydrogen-bond donors (Lipinski definition) is 1. The minimum atomic E-state index is -4.80. The Morgan fingerprint density at radius 2 is 1.75 bits per heavy atom. The second-order valence-corrected chi connectivity index (χ2v) is 4.33. The van der Waals surface area contributed by atoms with Gasteiger partial charge < -0.3 is 10.5 Å². The van der Waals surface area contributed by atoms with E-state index in [9.17, 15) is 17.6 Å². The Labute approximate surface area is 116 Å². The Balaban J connectivity index is 2.45. The average Bonchev–Trinajstić information content (AvgIpc) is 2.33. The number of benzene rings is 2. The van der Waals surface area contributed by atoms with Crippen LogP contribution in [0, 0.1) is 5.82 Å². The van der Waals surface area contributed by atoms with Gasteiger partial charge in [-0.2, -0.15) is 0 Å². The number of ether oxygens (including phenoxy) is 1. The first kappa shape index (κ1) is 14.5. The van der Waals surface area contributed by atoms with Crippen LogP contribution in [-0.2, 0) is 0 Å². The molecule has 0 fully saturated rings. The summed E-state index contributed by atoms with van der Waals surface area (Å²) in [5.74, 6) is -1.04. The van der Waals surface area contributed by atoms with Crippen LogP contribution >= 0.6 is 11.6 Å². The molecular weight excluding hydrogens is 298 g/mol. The van der Waals surface area contributed by atoms with Crippen LogP contribution in [0.5, 0.6) is 5.75 Å². The summed E-state index contributed by atoms with van der Waals surface area (Å²) in [6.07, 6.45) is -4.80. The minimum Gasteiger partial charge on any atom is -0.406 e. The summed E-state index contributed by atoms with van der Waals surface area (Å²) in [6.45, 7) is 0. The molecule has 2 nitrogen and oxygen atoms in total. The summed E-state index contributed by atoms with van der Waals surface area (Å²) < 4.78 is 53.4. The van der Waals surface area contributed by atoms with Crippen molar-refractivity contribution in [3.8, 4) is 16.9 Å². The molecule has 0 bridgehead atoms. The fourth-order valence-corrected chi connectivity index (χ4v) is 1.83. The topological polar surface area (TPSA) is 35.2 Å². The van der Waals surface area contributed by atoms with E-state index in [4.69, 9.17) is 17.3 Å². The molecule has 0 atom stereocenters. The van der Waals surface area contributed by atoms with Gasteiger partial charge >= 0.3 is 6.36 Å². The van der Waals surface area contributed by atoms with E-state index in [-0.39, 0.29) is 16.3 Å². The van der Waals surface area contributed by atoms with E-state index in [1.54, 1.807) is 0 Å². The SMILES string of the molecule is Nc1ccc(OC(F)(F)F)cc1-c1ccc(F)c(Cl)c1. The third-order valence-corrected chi connectivity index (χ3v) is 2.78. The Morgan fingerprint density at radius 3 is 2.35 bits per heavy atom. The smallest absolute Gasteiger partial charge is 0.406 e. The van der Waals surface area contributed by atoms with E-state index in [0.29, 0.717) is 5.56 Å². The first-order valence-electron chi connectivity index (χ1n) is 5.37. The van der Waals surface area contributed by atoms with Crippen molar-refractivity contribution >= 4 is 17.3 Å². The van der Waals surface area contributed by atoms with Crippen molar-refractivity contribution in [2.45, 2.75) is 6.36 Å². The zero-order valence-electron chi connectivity index (χ0n) is 9.84. The van der Waals surface area contributed by atoms with Gasteiger partial charge in [-0.05, 0) is 35.9 Å². The molecular formula is C13H8ClF4NO. The highest BCUT2D eigenvalue weighted by Gasteiger charge is 2.31. The number of rotatable bonds is 2. The van der Waals surface area contributed by atoms with Crippen LogP contribution in [0.15, 0.2) is 36.4 Å². The molecule has 2 N–H and O–H groups in total. The van der Waals surface area contributed by atoms with Gasteiger partial charge in [0.25, 0.3) is 0 Å². The van der Waals surface area contributed by atoms with Gasteiger partial charge in [0.2, 0.25) is 0 Å². The van der Waals surface area contributed by atoms with Crippen LogP contribution in [0.1, 0.15) is 0 Å². The lowest BCUT2D eigenvalue weighted by molar-refractivity contribution is -0.274. The lowest BCUT2D eigenvalue weighted by Gasteiger charge is -2.12. The zero-order chi connectivity index (χ0) is 14.9. The Kier molecular flexibility index (Phi) is 3.76. The maximum Gasteiger partial charge on any atom is 0.573 e. The van der Waals surface area contributed by atoms with Crippen LogP contribution in [0.2, 0.25) is 5.02 Å². The molecule has 0 aromatic heterocycles. The molecule has 0 unspecified atom stereocenters. The number of nitrogens with two attached hydrogens (primary N) is 1. The van der Waals surface area contributed by atoms with Crippen molar-refractivity contribution in [3.05, 3.63) is 47.2 Å². The van der Waals surface area contributed by atoms with E-state index >= 15 is 0 Å². The van der Waals surface area contributed by atoms with E-state index in [2.05, 4.69) is 4.74 Å². The zero-order valence-corrected chi connectivity index (χ0v) is 10.6. The molecule has 106 valence electrons. The van der Waals surface area contributed by atoms with Crippen molar-refractivity contribution in [2.75, 3.05) is 5.73 Å². The standard InChI is InChI=1S/C13H8ClF4NO/c14-10-5-7(1-3-11(10)15)9-6-8(2-4-12(9)19)20-13(16,17)18/h1-6H,19H2. The fraction of sp³-hybridized carbons (Fsp3) is 0.0769. The lowest BCUT2D eigenvalue weighted by atomic mass is 10.0. The van der Waals surface area contributed by atoms with E-state index in [0.717, 1.165) is 18.2 Å². The second kappa shape index (κ2) is 5.20. The molecule has 0 spiro atoms. The van der Waals surface area contributed by atoms with Crippen molar-refractivity contribution < 1.29 is 22.3 Å². The van der Waals surface area contributed by atoms with Gasteiger partial charge in [-0.3, -0.25) is 0 Å². The van der Waals surface area contributed by atoms with Gasteiger partial charge in [0.05, 0.1) is 5.02 Å². The minimum absolute atomic E-state index is 0.149. The van der Waals surface area contributed by atoms with Crippen LogP contribution < -0.4 is 10.5 Å². The molecule has 0 aliphatic heterocycles. The summed E-state index contributed by atoms with van der Waals surface area (Å²) in [4.78, 5) is 0. The fourth-order valence-electron chi connectivity index (χ4n) is 1.65. The molecule has 7 heteroatoms. The highest BCUT2D eigenvalue weighted by Crippen LogP contribution is 2.33. The van der Waals surface area contributed by atoms with Crippen molar-refractivity contribution in [1.82, 2.24) is 0 Å². The second-order valence-electron chi connectivity index (χ2n) is 3.93. The number of alkyl halides is 3. The van der Waals surface area contributed by atoms with Crippen LogP contribution in [0.3, 0.4) is 0 Å². The Bertz CT molecular complexity index is 643. The predicted octanol–water partition coefficient (Wildman–Crippen LogP) is 4.63. The first-order valence-corrected chi connectivity index (χ1v) is 5.75. The molecule has 0 aliphatic carbocycles. The summed E-state index contributed by atoms with van der Waals surface area (Å²) in [7, 11) is 0. The molecule has 0 radical (unpaired) electrons.